The van der Waals surface area contributed by atoms with Gasteiger partial charge < -0.3 is 16.2 Å². The molecule has 1 aromatic rings. The Labute approximate surface area is 145 Å². The molecule has 0 saturated carbocycles. The first-order valence-corrected chi connectivity index (χ1v) is 8.99. The molecule has 2 atom stereocenters. The number of nitrogens with one attached hydrogen (secondary N) is 1. The number of nitrogen functional groups attached to an aromatic ring is 1. The molecule has 4 N–H and O–H groups in total. The second-order valence-electron chi connectivity index (χ2n) is 5.51. The third-order valence-corrected chi connectivity index (χ3v) is 4.50. The molecule has 1 heterocycles. The van der Waals surface area contributed by atoms with Gasteiger partial charge in [0.05, 0.1) is 3.57 Å². The first-order chi connectivity index (χ1) is 10.5. The molecule has 0 fully saturated rings. The topological polar surface area (TPSA) is 93.2 Å². The highest BCUT2D eigenvalue weighted by atomic mass is 127. The van der Waals surface area contributed by atoms with Crippen molar-refractivity contribution < 1.29 is 5.11 Å². The van der Waals surface area contributed by atoms with Crippen LogP contribution in [-0.2, 0) is 0 Å². The van der Waals surface area contributed by atoms with E-state index < -0.39 is 0 Å². The number of aliphatic hydroxyl groups is 1. The SMILES string of the molecule is CCCNC(CCO)CC(CCC)n1cc(I)c(N)nc1=O. The van der Waals surface area contributed by atoms with Gasteiger partial charge in [0.1, 0.15) is 5.82 Å². The summed E-state index contributed by atoms with van der Waals surface area (Å²) in [5.74, 6) is 0.285. The van der Waals surface area contributed by atoms with E-state index in [-0.39, 0.29) is 30.2 Å². The summed E-state index contributed by atoms with van der Waals surface area (Å²) in [4.78, 5) is 16.1. The molecule has 0 aliphatic carbocycles. The van der Waals surface area contributed by atoms with E-state index in [1.807, 2.05) is 0 Å². The van der Waals surface area contributed by atoms with Gasteiger partial charge in [0, 0.05) is 24.9 Å². The number of aromatic nitrogens is 2. The lowest BCUT2D eigenvalue weighted by Gasteiger charge is -2.25. The van der Waals surface area contributed by atoms with Gasteiger partial charge in [-0.3, -0.25) is 4.57 Å². The molecule has 126 valence electrons. The Hall–Kier alpha value is -0.670. The average molecular weight is 422 g/mol. The molecule has 0 aliphatic heterocycles. The van der Waals surface area contributed by atoms with Crippen molar-refractivity contribution in [2.75, 3.05) is 18.9 Å². The number of halogens is 1. The predicted molar refractivity (Wildman–Crippen MR) is 98.0 cm³/mol. The first-order valence-electron chi connectivity index (χ1n) is 7.91. The van der Waals surface area contributed by atoms with Crippen molar-refractivity contribution in [1.82, 2.24) is 14.9 Å². The van der Waals surface area contributed by atoms with Crippen LogP contribution in [0.15, 0.2) is 11.0 Å². The van der Waals surface area contributed by atoms with Crippen LogP contribution in [0.4, 0.5) is 5.82 Å². The van der Waals surface area contributed by atoms with Crippen LogP contribution in [0.3, 0.4) is 0 Å². The molecule has 0 aliphatic rings. The summed E-state index contributed by atoms with van der Waals surface area (Å²) >= 11 is 2.10. The maximum atomic E-state index is 12.2. The number of nitrogens with zero attached hydrogens (tertiary/aromatic N) is 2. The predicted octanol–water partition coefficient (Wildman–Crippen LogP) is 1.91. The molecule has 0 amide bonds. The third kappa shape index (κ3) is 5.85. The second-order valence-corrected chi connectivity index (χ2v) is 6.67. The van der Waals surface area contributed by atoms with Crippen molar-refractivity contribution in [2.45, 2.75) is 58.0 Å². The minimum Gasteiger partial charge on any atom is -0.396 e. The van der Waals surface area contributed by atoms with Crippen molar-refractivity contribution in [3.63, 3.8) is 0 Å². The van der Waals surface area contributed by atoms with Gasteiger partial charge in [0.15, 0.2) is 0 Å². The van der Waals surface area contributed by atoms with Crippen LogP contribution in [-0.4, -0.2) is 33.9 Å². The second kappa shape index (κ2) is 10.2. The van der Waals surface area contributed by atoms with Crippen molar-refractivity contribution in [1.29, 1.82) is 0 Å². The Balaban J connectivity index is 2.96. The molecule has 2 unspecified atom stereocenters. The molecular formula is C15H27IN4O2. The van der Waals surface area contributed by atoms with Gasteiger partial charge in [0.2, 0.25) is 0 Å². The van der Waals surface area contributed by atoms with E-state index in [2.05, 4.69) is 46.7 Å². The van der Waals surface area contributed by atoms with E-state index in [9.17, 15) is 9.90 Å². The fraction of sp³-hybridized carbons (Fsp3) is 0.733. The fourth-order valence-corrected chi connectivity index (χ4v) is 2.98. The van der Waals surface area contributed by atoms with Crippen molar-refractivity contribution in [3.8, 4) is 0 Å². The Morgan fingerprint density at radius 2 is 2.14 bits per heavy atom. The fourth-order valence-electron chi connectivity index (χ4n) is 2.56. The molecule has 22 heavy (non-hydrogen) atoms. The van der Waals surface area contributed by atoms with Gasteiger partial charge in [-0.1, -0.05) is 20.3 Å². The van der Waals surface area contributed by atoms with Crippen LogP contribution in [0.25, 0.3) is 0 Å². The molecule has 7 heteroatoms. The van der Waals surface area contributed by atoms with Gasteiger partial charge in [-0.05, 0) is 54.8 Å². The summed E-state index contributed by atoms with van der Waals surface area (Å²) in [5, 5.41) is 12.7. The molecule has 0 spiro atoms. The molecule has 0 bridgehead atoms. The summed E-state index contributed by atoms with van der Waals surface area (Å²) < 4.78 is 2.48. The zero-order chi connectivity index (χ0) is 16.5. The Kier molecular flexibility index (Phi) is 8.96. The lowest BCUT2D eigenvalue weighted by atomic mass is 10.00. The number of anilines is 1. The third-order valence-electron chi connectivity index (χ3n) is 3.67. The summed E-state index contributed by atoms with van der Waals surface area (Å²) in [7, 11) is 0. The minimum absolute atomic E-state index is 0.0695. The van der Waals surface area contributed by atoms with Crippen LogP contribution in [0, 0.1) is 3.57 Å². The zero-order valence-corrected chi connectivity index (χ0v) is 15.5. The van der Waals surface area contributed by atoms with Crippen molar-refractivity contribution in [3.05, 3.63) is 20.3 Å². The number of hydrogen-bond acceptors (Lipinski definition) is 5. The molecule has 1 rings (SSSR count). The highest BCUT2D eigenvalue weighted by molar-refractivity contribution is 14.1. The lowest BCUT2D eigenvalue weighted by molar-refractivity contribution is 0.245. The van der Waals surface area contributed by atoms with Crippen LogP contribution < -0.4 is 16.7 Å². The number of nitrogens with two attached hydrogens (primary N) is 1. The lowest BCUT2D eigenvalue weighted by Crippen LogP contribution is -2.36. The van der Waals surface area contributed by atoms with Gasteiger partial charge in [-0.15, -0.1) is 0 Å². The van der Waals surface area contributed by atoms with Crippen LogP contribution in [0.2, 0.25) is 0 Å². The molecule has 0 radical (unpaired) electrons. The summed E-state index contributed by atoms with van der Waals surface area (Å²) in [5.41, 5.74) is 5.40. The summed E-state index contributed by atoms with van der Waals surface area (Å²) in [6, 6.07) is 0.267. The Morgan fingerprint density at radius 3 is 2.73 bits per heavy atom. The first kappa shape index (κ1) is 19.4. The Bertz CT molecular complexity index is 507. The largest absolute Gasteiger partial charge is 0.396 e. The highest BCUT2D eigenvalue weighted by Gasteiger charge is 2.19. The molecular weight excluding hydrogens is 395 g/mol. The van der Waals surface area contributed by atoms with Gasteiger partial charge >= 0.3 is 5.69 Å². The monoisotopic (exact) mass is 422 g/mol. The molecule has 0 aromatic carbocycles. The molecule has 6 nitrogen and oxygen atoms in total. The zero-order valence-electron chi connectivity index (χ0n) is 13.4. The van der Waals surface area contributed by atoms with Crippen molar-refractivity contribution >= 4 is 28.4 Å². The standard InChI is InChI=1S/C15H27IN4O2/c1-3-5-12(9-11(6-8-21)18-7-4-2)20-10-13(16)14(17)19-15(20)22/h10-12,18,21H,3-9H2,1-2H3,(H2,17,19,22). The average Bonchev–Trinajstić information content (AvgIpc) is 2.48. The number of aliphatic hydroxyl groups excluding tert-OH is 1. The van der Waals surface area contributed by atoms with E-state index in [0.717, 1.165) is 35.8 Å². The molecule has 1 aromatic heterocycles. The summed E-state index contributed by atoms with van der Waals surface area (Å²) in [6.07, 6.45) is 6.21. The van der Waals surface area contributed by atoms with Crippen LogP contribution in [0.5, 0.6) is 0 Å². The Morgan fingerprint density at radius 1 is 1.41 bits per heavy atom. The normalized spacial score (nSPS) is 14.0. The highest BCUT2D eigenvalue weighted by Crippen LogP contribution is 2.21. The number of hydrogen-bond donors (Lipinski definition) is 3. The van der Waals surface area contributed by atoms with Gasteiger partial charge in [-0.25, -0.2) is 4.79 Å². The van der Waals surface area contributed by atoms with Crippen LogP contribution in [0.1, 0.15) is 52.0 Å². The van der Waals surface area contributed by atoms with Crippen LogP contribution >= 0.6 is 22.6 Å². The smallest absolute Gasteiger partial charge is 0.349 e. The van der Waals surface area contributed by atoms with E-state index in [1.54, 1.807) is 10.8 Å². The minimum atomic E-state index is -0.297. The maximum Gasteiger partial charge on any atom is 0.349 e. The van der Waals surface area contributed by atoms with E-state index >= 15 is 0 Å². The van der Waals surface area contributed by atoms with E-state index in [4.69, 9.17) is 5.73 Å². The molecule has 0 saturated heterocycles. The maximum absolute atomic E-state index is 12.2. The quantitative estimate of drug-likeness (QED) is 0.501. The van der Waals surface area contributed by atoms with Gasteiger partial charge in [0.25, 0.3) is 0 Å². The van der Waals surface area contributed by atoms with Gasteiger partial charge in [-0.2, -0.15) is 4.98 Å². The summed E-state index contributed by atoms with van der Waals surface area (Å²) in [6.45, 7) is 5.28. The van der Waals surface area contributed by atoms with Crippen molar-refractivity contribution in [2.24, 2.45) is 0 Å². The van der Waals surface area contributed by atoms with E-state index in [0.29, 0.717) is 6.42 Å². The van der Waals surface area contributed by atoms with E-state index in [1.165, 1.54) is 0 Å². The number of rotatable bonds is 10.